The molecule has 2 unspecified atom stereocenters. The van der Waals surface area contributed by atoms with E-state index in [1.54, 1.807) is 13.8 Å². The van der Waals surface area contributed by atoms with Gasteiger partial charge in [-0.15, -0.1) is 0 Å². The molecule has 3 N–H and O–H groups in total. The van der Waals surface area contributed by atoms with Crippen molar-refractivity contribution >= 4 is 70.9 Å². The van der Waals surface area contributed by atoms with Crippen molar-refractivity contribution in [2.24, 2.45) is 41.4 Å². The van der Waals surface area contributed by atoms with Crippen molar-refractivity contribution in [3.05, 3.63) is 0 Å². The van der Waals surface area contributed by atoms with Crippen LogP contribution in [-0.2, 0) is 62.3 Å². The van der Waals surface area contributed by atoms with Crippen LogP contribution in [0.4, 0.5) is 35.1 Å². The molecule has 12 amide bonds. The number of hydrogen-bond donors (Lipinski definition) is 3. The van der Waals surface area contributed by atoms with Crippen molar-refractivity contribution in [1.29, 1.82) is 0 Å². The molecule has 1 spiro atoms. The summed E-state index contributed by atoms with van der Waals surface area (Å²) in [6.07, 6.45) is -13.1. The monoisotopic (exact) mass is 1560 g/mol. The maximum Gasteiger partial charge on any atom is 0.397 e. The van der Waals surface area contributed by atoms with E-state index in [2.05, 4.69) is 16.0 Å². The number of amides is 12. The Labute approximate surface area is 635 Å². The number of hydrogen-bond acceptors (Lipinski definition) is 13. The lowest BCUT2D eigenvalue weighted by molar-refractivity contribution is -0.219. The highest BCUT2D eigenvalue weighted by molar-refractivity contribution is 6.01. The summed E-state index contributed by atoms with van der Waals surface area (Å²) in [7, 11) is 8.17. The predicted molar refractivity (Wildman–Crippen MR) is 384 cm³/mol. The van der Waals surface area contributed by atoms with Crippen molar-refractivity contribution < 1.29 is 97.4 Å². The Morgan fingerprint density at radius 1 is 0.560 bits per heavy atom. The van der Waals surface area contributed by atoms with Gasteiger partial charge >= 0.3 is 12.4 Å². The number of carbonyl (C=O) groups is 12. The van der Waals surface area contributed by atoms with E-state index < -0.39 is 224 Å². The Kier molecular flexibility index (Phi) is 30.6. The van der Waals surface area contributed by atoms with Gasteiger partial charge in [-0.1, -0.05) is 72.6 Å². The molecule has 25 nitrogen and oxygen atoms in total. The number of fused-ring (bicyclic) bond motifs is 3. The maximum atomic E-state index is 15.7. The fourth-order valence-corrected chi connectivity index (χ4v) is 18.1. The number of nitrogens with one attached hydrogen (secondary N) is 3. The lowest BCUT2D eigenvalue weighted by Gasteiger charge is -2.42. The second-order valence-electron chi connectivity index (χ2n) is 32.9. The Morgan fingerprint density at radius 3 is 1.75 bits per heavy atom. The summed E-state index contributed by atoms with van der Waals surface area (Å²) in [5.41, 5.74) is -1.67. The molecule has 4 heterocycles. The van der Waals surface area contributed by atoms with Gasteiger partial charge in [-0.05, 0) is 145 Å². The van der Waals surface area contributed by atoms with E-state index >= 15 is 51.9 Å². The predicted octanol–water partition coefficient (Wildman–Crippen LogP) is 6.72. The number of nitrogens with zero attached hydrogens (tertiary/aromatic N) is 9. The summed E-state index contributed by atoms with van der Waals surface area (Å²) >= 11 is 0. The normalized spacial score (nSPS) is 32.0. The zero-order chi connectivity index (χ0) is 80.3. The lowest BCUT2D eigenvalue weighted by Crippen LogP contribution is -2.65. The zero-order valence-corrected chi connectivity index (χ0v) is 65.2. The van der Waals surface area contributed by atoms with Crippen LogP contribution in [0, 0.1) is 41.4 Å². The first-order valence-corrected chi connectivity index (χ1v) is 39.7. The Hall–Kier alpha value is -6.96. The highest BCUT2D eigenvalue weighted by Crippen LogP contribution is 2.46. The van der Waals surface area contributed by atoms with Crippen LogP contribution in [-0.4, -0.2) is 288 Å². The Balaban J connectivity index is 1.19. The summed E-state index contributed by atoms with van der Waals surface area (Å²) in [6.45, 7) is 6.08. The number of rotatable bonds is 11. The first-order chi connectivity index (χ1) is 51.3. The standard InChI is InChI=1S/C76H118F8N12O13/c1-11-46(4)63-71(106)89(6)44-61(99)90(7)55-22-13-12-18-32-96(70(55)105)58(41-47-24-27-50(28-25-47)75(79,80)81)68(103)88(5)43-59(97)85-53(29-26-48-39-51(77)62(52(78)40-48)76(82,83)84)67(102)95-33-19-23-54(95)66(101)87-74(30-16-17-31-74)73(108)93(10)64(49-20-14-15-21-49)72(107)92(9)57(69(104)94-34-36-109-37-35-94)42-60(98)91(8)56(38-45(2)3)65(100)86-63/h45-58,62-64H,11-44H2,1-10H3,(H,85,97)(H,86,100)(H,87,101)/t46-,47?,48?,50?,51?,52?,53-,54-,55-,56-,57-,58-,62?,63-,64-/m0/s1. The van der Waals surface area contributed by atoms with E-state index in [-0.39, 0.29) is 122 Å². The van der Waals surface area contributed by atoms with E-state index in [1.807, 2.05) is 13.8 Å². The average Bonchev–Trinajstić information content (AvgIpc) is 1.72. The molecular formula is C76H118F8N12O13. The molecule has 4 aliphatic carbocycles. The highest BCUT2D eigenvalue weighted by atomic mass is 19.4. The second-order valence-corrected chi connectivity index (χ2v) is 32.9. The van der Waals surface area contributed by atoms with Crippen LogP contribution in [0.15, 0.2) is 0 Å². The minimum atomic E-state index is -5.20. The molecule has 11 atom stereocenters. The minimum Gasteiger partial charge on any atom is -0.378 e. The molecule has 4 saturated carbocycles. The van der Waals surface area contributed by atoms with Crippen molar-refractivity contribution in [3.8, 4) is 0 Å². The van der Waals surface area contributed by atoms with Crippen LogP contribution in [0.1, 0.15) is 195 Å². The third-order valence-electron chi connectivity index (χ3n) is 24.9. The summed E-state index contributed by atoms with van der Waals surface area (Å²) in [5.74, 6) is -16.4. The minimum absolute atomic E-state index is 0.0174. The van der Waals surface area contributed by atoms with E-state index in [0.717, 1.165) is 14.7 Å². The maximum absolute atomic E-state index is 15.7. The summed E-state index contributed by atoms with van der Waals surface area (Å²) in [4.78, 5) is 193. The fraction of sp³-hybridized carbons (Fsp3) is 0.842. The number of alkyl halides is 8. The van der Waals surface area contributed by atoms with Gasteiger partial charge in [0, 0.05) is 68.5 Å². The second kappa shape index (κ2) is 38.0. The van der Waals surface area contributed by atoms with E-state index in [4.69, 9.17) is 4.74 Å². The molecule has 4 aliphatic heterocycles. The summed E-state index contributed by atoms with van der Waals surface area (Å²) in [5, 5.41) is 8.53. The number of likely N-dealkylation sites (N-methyl/N-ethyl adjacent to an activating group) is 6. The van der Waals surface area contributed by atoms with Crippen molar-refractivity contribution in [2.45, 2.75) is 273 Å². The molecule has 2 bridgehead atoms. The molecular weight excluding hydrogens is 1440 g/mol. The van der Waals surface area contributed by atoms with Crippen LogP contribution in [0.25, 0.3) is 0 Å². The molecule has 0 aromatic heterocycles. The molecule has 8 fully saturated rings. The molecule has 109 heavy (non-hydrogen) atoms. The topological polar surface area (TPSA) is 279 Å². The molecule has 8 rings (SSSR count). The summed E-state index contributed by atoms with van der Waals surface area (Å²) < 4.78 is 121. The van der Waals surface area contributed by atoms with Gasteiger partial charge in [0.25, 0.3) is 0 Å². The molecule has 616 valence electrons. The van der Waals surface area contributed by atoms with Crippen molar-refractivity contribution in [1.82, 2.24) is 60.0 Å². The van der Waals surface area contributed by atoms with Crippen LogP contribution in [0.5, 0.6) is 0 Å². The molecule has 4 saturated heterocycles. The summed E-state index contributed by atoms with van der Waals surface area (Å²) in [6, 6.07) is -11.0. The van der Waals surface area contributed by atoms with Gasteiger partial charge in [0.1, 0.15) is 72.1 Å². The zero-order valence-electron chi connectivity index (χ0n) is 65.2. The fourth-order valence-electron chi connectivity index (χ4n) is 18.1. The van der Waals surface area contributed by atoms with Gasteiger partial charge < -0.3 is 64.8 Å². The van der Waals surface area contributed by atoms with Crippen LogP contribution < -0.4 is 16.0 Å². The van der Waals surface area contributed by atoms with E-state index in [0.29, 0.717) is 64.2 Å². The molecule has 0 aromatic carbocycles. The Bertz CT molecular complexity index is 3210. The third kappa shape index (κ3) is 21.4. The number of carbonyl (C=O) groups excluding carboxylic acids is 12. The van der Waals surface area contributed by atoms with Gasteiger partial charge in [0.2, 0.25) is 70.9 Å². The number of morpholine rings is 1. The number of halogens is 8. The first kappa shape index (κ1) is 87.6. The van der Waals surface area contributed by atoms with Gasteiger partial charge in [-0.2, -0.15) is 26.3 Å². The van der Waals surface area contributed by atoms with Gasteiger partial charge in [-0.3, -0.25) is 57.5 Å². The largest absolute Gasteiger partial charge is 0.397 e. The van der Waals surface area contributed by atoms with Crippen molar-refractivity contribution in [2.75, 3.05) is 94.8 Å². The van der Waals surface area contributed by atoms with Gasteiger partial charge in [0.15, 0.2) is 0 Å². The Morgan fingerprint density at radius 2 is 1.16 bits per heavy atom. The van der Waals surface area contributed by atoms with Crippen LogP contribution in [0.2, 0.25) is 0 Å². The first-order valence-electron chi connectivity index (χ1n) is 39.7. The SMILES string of the molecule is CC[C@H](C)[C@@H]1NC(=O)[C@H](CC(C)C)N(C)C(=O)C[C@@H](C(=O)N2CCOCC2)N(C)C(=O)[C@H](C2CCCC2)N(C)C(=O)C2(CCCC2)NC(=O)[C@@H]2CCCN2C(=O)[C@H](CCC2CC(F)C(C(F)(F)F)C(F)C2)NC(=O)CN(C)C(=O)[C@H](CC2CCC(C(F)(F)F)CC2)N2CCCCC[C@@H](C2=O)N(C)C(=O)CN(C)C1=O. The van der Waals surface area contributed by atoms with Crippen LogP contribution in [0.3, 0.4) is 0 Å². The van der Waals surface area contributed by atoms with E-state index in [9.17, 15) is 40.7 Å². The van der Waals surface area contributed by atoms with Crippen LogP contribution >= 0.6 is 0 Å². The lowest BCUT2D eigenvalue weighted by atomic mass is 9.76. The quantitative estimate of drug-likeness (QED) is 0.181. The smallest absolute Gasteiger partial charge is 0.378 e. The van der Waals surface area contributed by atoms with Gasteiger partial charge in [0.05, 0.1) is 38.6 Å². The average molecular weight is 1560 g/mol. The highest BCUT2D eigenvalue weighted by Gasteiger charge is 2.56. The molecule has 0 aromatic rings. The molecule has 0 radical (unpaired) electrons. The molecule has 33 heteroatoms. The molecule has 8 aliphatic rings. The van der Waals surface area contributed by atoms with Crippen molar-refractivity contribution in [3.63, 3.8) is 0 Å². The third-order valence-corrected chi connectivity index (χ3v) is 24.9. The number of ether oxygens (including phenoxy) is 1. The van der Waals surface area contributed by atoms with Gasteiger partial charge in [-0.25, -0.2) is 8.78 Å². The van der Waals surface area contributed by atoms with E-state index in [1.165, 1.54) is 71.7 Å².